The molecule has 3 rings (SSSR count). The predicted molar refractivity (Wildman–Crippen MR) is 96.4 cm³/mol. The predicted octanol–water partition coefficient (Wildman–Crippen LogP) is 3.53. The van der Waals surface area contributed by atoms with Gasteiger partial charge in [0, 0.05) is 24.8 Å². The minimum Gasteiger partial charge on any atom is -0.370 e. The molecule has 1 N–H and O–H groups in total. The van der Waals surface area contributed by atoms with E-state index in [1.54, 1.807) is 6.07 Å². The van der Waals surface area contributed by atoms with Gasteiger partial charge in [-0.3, -0.25) is 4.79 Å². The summed E-state index contributed by atoms with van der Waals surface area (Å²) in [7, 11) is 0. The molecule has 5 nitrogen and oxygen atoms in total. The zero-order valence-electron chi connectivity index (χ0n) is 14.3. The number of amides is 1. The van der Waals surface area contributed by atoms with E-state index >= 15 is 0 Å². The standard InChI is InChI=1S/C19H24N4O/c1-14(2)9-10-20-18-12-16(21-13-22-18)19(24)23-11-5-7-15-6-3-4-8-17(15)23/h3-4,6,8,12-14H,5,7,9-11H2,1-2H3,(H,20,21,22). The highest BCUT2D eigenvalue weighted by Gasteiger charge is 2.24. The van der Waals surface area contributed by atoms with Crippen LogP contribution in [0.5, 0.6) is 0 Å². The van der Waals surface area contributed by atoms with Gasteiger partial charge in [0.1, 0.15) is 17.8 Å². The van der Waals surface area contributed by atoms with E-state index in [1.807, 2.05) is 23.1 Å². The number of benzene rings is 1. The van der Waals surface area contributed by atoms with Gasteiger partial charge in [-0.25, -0.2) is 9.97 Å². The number of carbonyl (C=O) groups excluding carboxylic acids is 1. The van der Waals surface area contributed by atoms with Crippen molar-refractivity contribution in [3.8, 4) is 0 Å². The van der Waals surface area contributed by atoms with Crippen molar-refractivity contribution in [3.63, 3.8) is 0 Å². The molecule has 0 aliphatic carbocycles. The number of carbonyl (C=O) groups is 1. The molecule has 0 saturated heterocycles. The van der Waals surface area contributed by atoms with Crippen LogP contribution in [-0.2, 0) is 6.42 Å². The average Bonchev–Trinajstić information content (AvgIpc) is 2.60. The lowest BCUT2D eigenvalue weighted by Crippen LogP contribution is -2.36. The van der Waals surface area contributed by atoms with Crippen molar-refractivity contribution in [2.24, 2.45) is 5.92 Å². The molecule has 0 bridgehead atoms. The van der Waals surface area contributed by atoms with E-state index in [0.29, 0.717) is 17.4 Å². The van der Waals surface area contributed by atoms with E-state index < -0.39 is 0 Å². The third-order valence-corrected chi connectivity index (χ3v) is 4.27. The zero-order valence-corrected chi connectivity index (χ0v) is 14.3. The largest absolute Gasteiger partial charge is 0.370 e. The lowest BCUT2D eigenvalue weighted by molar-refractivity contribution is 0.0980. The molecule has 0 saturated carbocycles. The van der Waals surface area contributed by atoms with Crippen molar-refractivity contribution in [1.29, 1.82) is 0 Å². The van der Waals surface area contributed by atoms with Crippen molar-refractivity contribution in [3.05, 3.63) is 47.9 Å². The second kappa shape index (κ2) is 7.43. The van der Waals surface area contributed by atoms with E-state index in [9.17, 15) is 4.79 Å². The van der Waals surface area contributed by atoms with Gasteiger partial charge in [0.15, 0.2) is 0 Å². The Balaban J connectivity index is 1.76. The second-order valence-corrected chi connectivity index (χ2v) is 6.59. The zero-order chi connectivity index (χ0) is 16.9. The van der Waals surface area contributed by atoms with Gasteiger partial charge in [-0.2, -0.15) is 0 Å². The molecule has 1 aliphatic heterocycles. The number of aromatic nitrogens is 2. The molecular weight excluding hydrogens is 300 g/mol. The Bertz CT molecular complexity index is 714. The van der Waals surface area contributed by atoms with Crippen LogP contribution in [0, 0.1) is 5.92 Å². The van der Waals surface area contributed by atoms with E-state index in [4.69, 9.17) is 0 Å². The molecule has 0 spiro atoms. The van der Waals surface area contributed by atoms with Crippen LogP contribution in [0.4, 0.5) is 11.5 Å². The minimum absolute atomic E-state index is 0.0588. The number of nitrogens with one attached hydrogen (secondary N) is 1. The summed E-state index contributed by atoms with van der Waals surface area (Å²) in [6.45, 7) is 5.94. The number of hydrogen-bond acceptors (Lipinski definition) is 4. The number of nitrogens with zero attached hydrogens (tertiary/aromatic N) is 3. The normalized spacial score (nSPS) is 13.7. The Morgan fingerprint density at radius 3 is 2.96 bits per heavy atom. The summed E-state index contributed by atoms with van der Waals surface area (Å²) >= 11 is 0. The first-order valence-corrected chi connectivity index (χ1v) is 8.61. The first kappa shape index (κ1) is 16.4. The van der Waals surface area contributed by atoms with Gasteiger partial charge in [-0.15, -0.1) is 0 Å². The SMILES string of the molecule is CC(C)CCNc1cc(C(=O)N2CCCc3ccccc32)ncn1. The first-order valence-electron chi connectivity index (χ1n) is 8.61. The Morgan fingerprint density at radius 2 is 2.12 bits per heavy atom. The highest BCUT2D eigenvalue weighted by molar-refractivity contribution is 6.05. The van der Waals surface area contributed by atoms with Crippen molar-refractivity contribution in [2.45, 2.75) is 33.1 Å². The molecule has 1 aromatic carbocycles. The Labute approximate surface area is 143 Å². The maximum atomic E-state index is 12.9. The van der Waals surface area contributed by atoms with E-state index in [1.165, 1.54) is 11.9 Å². The number of para-hydroxylation sites is 1. The highest BCUT2D eigenvalue weighted by atomic mass is 16.2. The maximum absolute atomic E-state index is 12.9. The number of aryl methyl sites for hydroxylation is 1. The van der Waals surface area contributed by atoms with Crippen LogP contribution in [0.1, 0.15) is 42.7 Å². The molecule has 0 atom stereocenters. The van der Waals surface area contributed by atoms with E-state index in [-0.39, 0.29) is 5.91 Å². The van der Waals surface area contributed by atoms with Crippen molar-refractivity contribution in [1.82, 2.24) is 9.97 Å². The summed E-state index contributed by atoms with van der Waals surface area (Å²) < 4.78 is 0. The second-order valence-electron chi connectivity index (χ2n) is 6.59. The van der Waals surface area contributed by atoms with Crippen LogP contribution < -0.4 is 10.2 Å². The maximum Gasteiger partial charge on any atom is 0.277 e. The average molecular weight is 324 g/mol. The van der Waals surface area contributed by atoms with Crippen LogP contribution in [0.15, 0.2) is 36.7 Å². The van der Waals surface area contributed by atoms with Gasteiger partial charge in [0.25, 0.3) is 5.91 Å². The van der Waals surface area contributed by atoms with Gasteiger partial charge in [0.2, 0.25) is 0 Å². The highest BCUT2D eigenvalue weighted by Crippen LogP contribution is 2.27. The molecule has 0 fully saturated rings. The quantitative estimate of drug-likeness (QED) is 0.914. The summed E-state index contributed by atoms with van der Waals surface area (Å²) in [6, 6.07) is 9.85. The lowest BCUT2D eigenvalue weighted by Gasteiger charge is -2.29. The number of anilines is 2. The monoisotopic (exact) mass is 324 g/mol. The molecule has 2 heterocycles. The summed E-state index contributed by atoms with van der Waals surface area (Å²) in [6.07, 6.45) is 4.52. The van der Waals surface area contributed by atoms with E-state index in [0.717, 1.165) is 38.0 Å². The number of fused-ring (bicyclic) bond motifs is 1. The molecule has 126 valence electrons. The molecule has 2 aromatic rings. The van der Waals surface area contributed by atoms with Gasteiger partial charge >= 0.3 is 0 Å². The van der Waals surface area contributed by atoms with Crippen LogP contribution >= 0.6 is 0 Å². The van der Waals surface area contributed by atoms with Crippen LogP contribution in [0.2, 0.25) is 0 Å². The Morgan fingerprint density at radius 1 is 1.29 bits per heavy atom. The van der Waals surface area contributed by atoms with Crippen molar-refractivity contribution >= 4 is 17.4 Å². The minimum atomic E-state index is -0.0588. The van der Waals surface area contributed by atoms with Gasteiger partial charge < -0.3 is 10.2 Å². The summed E-state index contributed by atoms with van der Waals surface area (Å²) in [5.74, 6) is 1.28. The summed E-state index contributed by atoms with van der Waals surface area (Å²) in [5.41, 5.74) is 2.66. The first-order chi connectivity index (χ1) is 11.6. The Kier molecular flexibility index (Phi) is 5.08. The fourth-order valence-corrected chi connectivity index (χ4v) is 2.94. The molecule has 24 heavy (non-hydrogen) atoms. The molecule has 0 unspecified atom stereocenters. The van der Waals surface area contributed by atoms with Gasteiger partial charge in [0.05, 0.1) is 0 Å². The topological polar surface area (TPSA) is 58.1 Å². The van der Waals surface area contributed by atoms with Crippen LogP contribution in [0.3, 0.4) is 0 Å². The third-order valence-electron chi connectivity index (χ3n) is 4.27. The van der Waals surface area contributed by atoms with Gasteiger partial charge in [-0.05, 0) is 36.8 Å². The summed E-state index contributed by atoms with van der Waals surface area (Å²) in [5, 5.41) is 3.27. The molecule has 1 aromatic heterocycles. The smallest absolute Gasteiger partial charge is 0.277 e. The van der Waals surface area contributed by atoms with Crippen LogP contribution in [0.25, 0.3) is 0 Å². The van der Waals surface area contributed by atoms with E-state index in [2.05, 4.69) is 35.2 Å². The number of rotatable bonds is 5. The molecule has 0 radical (unpaired) electrons. The van der Waals surface area contributed by atoms with Crippen LogP contribution in [-0.4, -0.2) is 29.0 Å². The van der Waals surface area contributed by atoms with Crippen molar-refractivity contribution in [2.75, 3.05) is 23.3 Å². The van der Waals surface area contributed by atoms with Crippen molar-refractivity contribution < 1.29 is 4.79 Å². The molecular formula is C19H24N4O. The third kappa shape index (κ3) is 3.72. The fourth-order valence-electron chi connectivity index (χ4n) is 2.94. The molecule has 1 amide bonds. The fraction of sp³-hybridized carbons (Fsp3) is 0.421. The molecule has 5 heteroatoms. The Hall–Kier alpha value is -2.43. The summed E-state index contributed by atoms with van der Waals surface area (Å²) in [4.78, 5) is 23.1. The molecule has 1 aliphatic rings. The van der Waals surface area contributed by atoms with Gasteiger partial charge in [-0.1, -0.05) is 32.0 Å². The number of hydrogen-bond donors (Lipinski definition) is 1. The lowest BCUT2D eigenvalue weighted by atomic mass is 10.0.